The number of carbonyl (C=O) groups excluding carboxylic acids is 1. The van der Waals surface area contributed by atoms with Gasteiger partial charge in [-0.25, -0.2) is 0 Å². The van der Waals surface area contributed by atoms with Crippen LogP contribution in [-0.4, -0.2) is 16.9 Å². The summed E-state index contributed by atoms with van der Waals surface area (Å²) in [5, 5.41) is 1.51. The number of nitrogens with zero attached hydrogens (tertiary/aromatic N) is 1. The Morgan fingerprint density at radius 2 is 2.19 bits per heavy atom. The van der Waals surface area contributed by atoms with Gasteiger partial charge in [0.25, 0.3) is 0 Å². The van der Waals surface area contributed by atoms with E-state index in [1.165, 1.54) is 0 Å². The largest absolute Gasteiger partial charge is 0.347 e. The maximum atomic E-state index is 11.8. The van der Waals surface area contributed by atoms with E-state index < -0.39 is 0 Å². The molecule has 0 amide bonds. The Bertz CT molecular complexity index is 572. The van der Waals surface area contributed by atoms with Gasteiger partial charge in [-0.2, -0.15) is 0 Å². The molecule has 0 saturated heterocycles. The third kappa shape index (κ3) is 1.52. The van der Waals surface area contributed by atoms with Crippen molar-refractivity contribution >= 4 is 28.3 Å². The highest BCUT2D eigenvalue weighted by molar-refractivity contribution is 6.31. The van der Waals surface area contributed by atoms with Crippen LogP contribution in [0.4, 0.5) is 0 Å². The summed E-state index contributed by atoms with van der Waals surface area (Å²) in [6.07, 6.45) is 0. The molecule has 1 aromatic heterocycles. The summed E-state index contributed by atoms with van der Waals surface area (Å²) >= 11 is 5.95. The van der Waals surface area contributed by atoms with Gasteiger partial charge in [0, 0.05) is 34.2 Å². The molecule has 1 aromatic carbocycles. The first kappa shape index (κ1) is 11.2. The monoisotopic (exact) mass is 236 g/mol. The van der Waals surface area contributed by atoms with Gasteiger partial charge in [0.05, 0.1) is 6.54 Å². The Morgan fingerprint density at radius 3 is 2.81 bits per heavy atom. The first-order valence-corrected chi connectivity index (χ1v) is 5.42. The number of benzene rings is 1. The fourth-order valence-corrected chi connectivity index (χ4v) is 2.17. The Kier molecular flexibility index (Phi) is 2.74. The molecule has 0 aliphatic carbocycles. The van der Waals surface area contributed by atoms with E-state index >= 15 is 0 Å². The molecule has 0 bridgehead atoms. The minimum atomic E-state index is -0.0506. The minimum Gasteiger partial charge on any atom is -0.347 e. The lowest BCUT2D eigenvalue weighted by Gasteiger charge is -1.99. The van der Waals surface area contributed by atoms with Gasteiger partial charge in [0.1, 0.15) is 0 Å². The maximum absolute atomic E-state index is 11.8. The molecule has 3 nitrogen and oxygen atoms in total. The second kappa shape index (κ2) is 3.92. The Hall–Kier alpha value is -1.32. The Labute approximate surface area is 98.8 Å². The van der Waals surface area contributed by atoms with Gasteiger partial charge in [-0.05, 0) is 25.1 Å². The molecule has 2 aromatic rings. The summed E-state index contributed by atoms with van der Waals surface area (Å²) in [5.41, 5.74) is 8.02. The summed E-state index contributed by atoms with van der Waals surface area (Å²) in [7, 11) is 1.93. The first-order chi connectivity index (χ1) is 7.56. The normalized spacial score (nSPS) is 11.0. The molecule has 0 fully saturated rings. The summed E-state index contributed by atoms with van der Waals surface area (Å²) < 4.78 is 1.98. The zero-order valence-corrected chi connectivity index (χ0v) is 10.0. The fraction of sp³-hybridized carbons (Fsp3) is 0.250. The average molecular weight is 237 g/mol. The molecule has 1 heterocycles. The van der Waals surface area contributed by atoms with Crippen molar-refractivity contribution in [2.45, 2.75) is 6.92 Å². The summed E-state index contributed by atoms with van der Waals surface area (Å²) in [6.45, 7) is 1.93. The van der Waals surface area contributed by atoms with Gasteiger partial charge in [0.2, 0.25) is 0 Å². The molecule has 2 rings (SSSR count). The summed E-state index contributed by atoms with van der Waals surface area (Å²) in [4.78, 5) is 11.8. The second-order valence-electron chi connectivity index (χ2n) is 3.81. The molecule has 0 unspecified atom stereocenters. The van der Waals surface area contributed by atoms with Crippen LogP contribution in [0.3, 0.4) is 0 Å². The van der Waals surface area contributed by atoms with E-state index in [4.69, 9.17) is 17.3 Å². The van der Waals surface area contributed by atoms with E-state index in [1.807, 2.05) is 36.7 Å². The molecule has 0 saturated carbocycles. The van der Waals surface area contributed by atoms with Crippen molar-refractivity contribution in [3.63, 3.8) is 0 Å². The van der Waals surface area contributed by atoms with Gasteiger partial charge in [0.15, 0.2) is 5.78 Å². The van der Waals surface area contributed by atoms with Crippen LogP contribution in [0.1, 0.15) is 16.1 Å². The molecular weight excluding hydrogens is 224 g/mol. The number of rotatable bonds is 2. The maximum Gasteiger partial charge on any atom is 0.178 e. The molecule has 0 aliphatic heterocycles. The van der Waals surface area contributed by atoms with Crippen molar-refractivity contribution < 1.29 is 4.79 Å². The SMILES string of the molecule is Cc1c(C(=O)CN)c2cc(Cl)ccc2n1C. The van der Waals surface area contributed by atoms with Gasteiger partial charge in [-0.1, -0.05) is 11.6 Å². The fourth-order valence-electron chi connectivity index (χ4n) is 2.00. The van der Waals surface area contributed by atoms with Gasteiger partial charge in [-0.15, -0.1) is 0 Å². The van der Waals surface area contributed by atoms with Crippen LogP contribution >= 0.6 is 11.6 Å². The van der Waals surface area contributed by atoms with Crippen LogP contribution in [0.2, 0.25) is 5.02 Å². The predicted molar refractivity (Wildman–Crippen MR) is 66.1 cm³/mol. The average Bonchev–Trinajstić information content (AvgIpc) is 2.51. The van der Waals surface area contributed by atoms with E-state index in [2.05, 4.69) is 0 Å². The number of fused-ring (bicyclic) bond motifs is 1. The van der Waals surface area contributed by atoms with Crippen molar-refractivity contribution in [2.75, 3.05) is 6.54 Å². The predicted octanol–water partition coefficient (Wildman–Crippen LogP) is 2.28. The van der Waals surface area contributed by atoms with Crippen molar-refractivity contribution in [1.82, 2.24) is 4.57 Å². The smallest absolute Gasteiger partial charge is 0.178 e. The number of nitrogens with two attached hydrogens (primary N) is 1. The van der Waals surface area contributed by atoms with Crippen LogP contribution < -0.4 is 5.73 Å². The summed E-state index contributed by atoms with van der Waals surface area (Å²) in [5.74, 6) is -0.0506. The Balaban J connectivity index is 2.85. The molecule has 4 heteroatoms. The van der Waals surface area contributed by atoms with Crippen molar-refractivity contribution in [2.24, 2.45) is 12.8 Å². The second-order valence-corrected chi connectivity index (χ2v) is 4.24. The van der Waals surface area contributed by atoms with Crippen LogP contribution in [0.25, 0.3) is 10.9 Å². The number of Topliss-reactive ketones (excluding diaryl/α,β-unsaturated/α-hetero) is 1. The lowest BCUT2D eigenvalue weighted by atomic mass is 10.1. The van der Waals surface area contributed by atoms with E-state index in [0.29, 0.717) is 10.6 Å². The zero-order valence-electron chi connectivity index (χ0n) is 9.25. The number of carbonyl (C=O) groups is 1. The molecule has 0 spiro atoms. The highest BCUT2D eigenvalue weighted by Crippen LogP contribution is 2.27. The van der Waals surface area contributed by atoms with E-state index in [9.17, 15) is 4.79 Å². The lowest BCUT2D eigenvalue weighted by Crippen LogP contribution is -2.14. The van der Waals surface area contributed by atoms with Crippen LogP contribution in [-0.2, 0) is 7.05 Å². The summed E-state index contributed by atoms with van der Waals surface area (Å²) in [6, 6.07) is 5.55. The first-order valence-electron chi connectivity index (χ1n) is 5.04. The number of hydrogen-bond donors (Lipinski definition) is 1. The topological polar surface area (TPSA) is 48.0 Å². The molecule has 0 atom stereocenters. The number of aryl methyl sites for hydroxylation is 1. The minimum absolute atomic E-state index is 0.0203. The number of hydrogen-bond acceptors (Lipinski definition) is 2. The highest BCUT2D eigenvalue weighted by Gasteiger charge is 2.17. The van der Waals surface area contributed by atoms with Gasteiger partial charge >= 0.3 is 0 Å². The van der Waals surface area contributed by atoms with E-state index in [1.54, 1.807) is 0 Å². The number of aromatic nitrogens is 1. The third-order valence-corrected chi connectivity index (χ3v) is 3.15. The van der Waals surface area contributed by atoms with Crippen LogP contribution in [0.15, 0.2) is 18.2 Å². The highest BCUT2D eigenvalue weighted by atomic mass is 35.5. The third-order valence-electron chi connectivity index (χ3n) is 2.92. The van der Waals surface area contributed by atoms with Crippen molar-refractivity contribution in [3.05, 3.63) is 34.5 Å². The van der Waals surface area contributed by atoms with E-state index in [0.717, 1.165) is 16.6 Å². The number of halogens is 1. The number of ketones is 1. The van der Waals surface area contributed by atoms with Crippen molar-refractivity contribution in [1.29, 1.82) is 0 Å². The molecule has 16 heavy (non-hydrogen) atoms. The Morgan fingerprint density at radius 1 is 1.50 bits per heavy atom. The van der Waals surface area contributed by atoms with Gasteiger partial charge < -0.3 is 10.3 Å². The standard InChI is InChI=1S/C12H13ClN2O/c1-7-12(11(16)6-14)9-5-8(13)3-4-10(9)15(7)2/h3-5H,6,14H2,1-2H3. The molecule has 2 N–H and O–H groups in total. The van der Waals surface area contributed by atoms with Crippen molar-refractivity contribution in [3.8, 4) is 0 Å². The molecule has 0 aliphatic rings. The molecule has 84 valence electrons. The lowest BCUT2D eigenvalue weighted by molar-refractivity contribution is 0.100. The van der Waals surface area contributed by atoms with E-state index in [-0.39, 0.29) is 12.3 Å². The van der Waals surface area contributed by atoms with Crippen LogP contribution in [0, 0.1) is 6.92 Å². The molecular formula is C12H13ClN2O. The van der Waals surface area contributed by atoms with Crippen LogP contribution in [0.5, 0.6) is 0 Å². The zero-order chi connectivity index (χ0) is 11.9. The molecule has 0 radical (unpaired) electrons. The quantitative estimate of drug-likeness (QED) is 0.814. The van der Waals surface area contributed by atoms with Gasteiger partial charge in [-0.3, -0.25) is 4.79 Å².